The second-order valence-corrected chi connectivity index (χ2v) is 23.7. The summed E-state index contributed by atoms with van der Waals surface area (Å²) in [5, 5.41) is 17.2. The third-order valence-corrected chi connectivity index (χ3v) is 16.7. The van der Waals surface area contributed by atoms with Gasteiger partial charge in [0.1, 0.15) is 31.9 Å². The molecule has 1 fully saturated rings. The number of hydrogen-bond acceptors (Lipinski definition) is 14. The van der Waals surface area contributed by atoms with Gasteiger partial charge in [-0.1, -0.05) is 32.8 Å². The lowest BCUT2D eigenvalue weighted by Gasteiger charge is -2.32. The quantitative estimate of drug-likeness (QED) is 0.0794. The standard InChI is InChI=1S/C23H23FN4S2.C20H25BFN3O2.C9H10BrNS2/c1-4-5-6-18-14-21-23(29-18)25-22(30-21)15-7-12-20(19(24)13-15)27-26-16-8-10-17(11-9-16)28(2)3;1-19(2)20(3,4)27-21(26-19)14-7-12-18(17(22)13-14)24-23-15-8-10-16(11-9-15)25(5)6;1-2-3-4-6-5-7-8(12-6)11-9(10)13-7/h7-14H,4-6H2,1-3H3;7-13H,1-6H3;5H,2-4H2,1H3. The summed E-state index contributed by atoms with van der Waals surface area (Å²) in [6.07, 6.45) is 7.25. The van der Waals surface area contributed by atoms with Crippen LogP contribution in [0.25, 0.3) is 29.6 Å². The molecule has 4 aromatic heterocycles. The van der Waals surface area contributed by atoms with Crippen molar-refractivity contribution in [3.05, 3.63) is 122 Å². The minimum Gasteiger partial charge on any atom is -0.399 e. The van der Waals surface area contributed by atoms with E-state index in [2.05, 4.69) is 67.4 Å². The number of benzene rings is 4. The number of azo groups is 2. The fraction of sp³-hybridized carbons (Fsp3) is 0.346. The highest BCUT2D eigenvalue weighted by atomic mass is 79.9. The van der Waals surface area contributed by atoms with Crippen molar-refractivity contribution in [1.29, 1.82) is 0 Å². The number of anilines is 2. The first-order valence-corrected chi connectivity index (χ1v) is 27.2. The molecule has 8 aromatic rings. The van der Waals surface area contributed by atoms with Gasteiger partial charge in [-0.15, -0.1) is 55.6 Å². The average Bonchev–Trinajstić information content (AvgIpc) is 4.13. The predicted molar refractivity (Wildman–Crippen MR) is 297 cm³/mol. The highest BCUT2D eigenvalue weighted by Crippen LogP contribution is 2.39. The third-order valence-electron chi connectivity index (χ3n) is 11.8. The van der Waals surface area contributed by atoms with Crippen LogP contribution in [0.15, 0.2) is 121 Å². The van der Waals surface area contributed by atoms with Crippen molar-refractivity contribution in [2.24, 2.45) is 20.5 Å². The summed E-state index contributed by atoms with van der Waals surface area (Å²) >= 11 is 10.3. The SMILES string of the molecule is CCCCc1cc2sc(-c3ccc(N=Nc4ccc(N(C)C)cc4)c(F)c3)nc2s1.CCCCc1cc2sc(Br)nc2s1.CN(C)c1ccc(N=Nc2ccc(B3OC(C)(C)C(C)(C)O3)cc2F)cc1. The smallest absolute Gasteiger partial charge is 0.399 e. The van der Waals surface area contributed by atoms with E-state index in [4.69, 9.17) is 14.3 Å². The molecule has 10 nitrogen and oxygen atoms in total. The second kappa shape index (κ2) is 23.6. The molecule has 0 spiro atoms. The van der Waals surface area contributed by atoms with Gasteiger partial charge in [0.25, 0.3) is 0 Å². The van der Waals surface area contributed by atoms with E-state index >= 15 is 0 Å². The molecule has 18 heteroatoms. The Labute approximate surface area is 434 Å². The molecule has 0 N–H and O–H groups in total. The van der Waals surface area contributed by atoms with Gasteiger partial charge in [0.05, 0.1) is 32.0 Å². The number of aryl methyl sites for hydroxylation is 2. The van der Waals surface area contributed by atoms with Crippen LogP contribution in [-0.2, 0) is 22.2 Å². The molecule has 4 aromatic carbocycles. The van der Waals surface area contributed by atoms with Gasteiger partial charge in [-0.05, 0) is 166 Å². The van der Waals surface area contributed by atoms with Crippen LogP contribution < -0.4 is 15.3 Å². The van der Waals surface area contributed by atoms with Crippen LogP contribution in [-0.4, -0.2) is 56.5 Å². The van der Waals surface area contributed by atoms with Crippen molar-refractivity contribution in [1.82, 2.24) is 9.97 Å². The predicted octanol–water partition coefficient (Wildman–Crippen LogP) is 17.1. The van der Waals surface area contributed by atoms with Crippen LogP contribution >= 0.6 is 61.3 Å². The zero-order valence-electron chi connectivity index (χ0n) is 41.2. The highest BCUT2D eigenvalue weighted by Gasteiger charge is 2.51. The topological polar surface area (TPSA) is 100 Å². The van der Waals surface area contributed by atoms with Crippen LogP contribution in [0, 0.1) is 11.6 Å². The first-order valence-electron chi connectivity index (χ1n) is 23.2. The molecule has 1 aliphatic heterocycles. The first-order chi connectivity index (χ1) is 33.4. The minimum atomic E-state index is -0.603. The molecule has 1 saturated heterocycles. The van der Waals surface area contributed by atoms with Crippen molar-refractivity contribution >= 4 is 127 Å². The second-order valence-electron chi connectivity index (χ2n) is 18.1. The van der Waals surface area contributed by atoms with E-state index in [1.807, 2.05) is 132 Å². The van der Waals surface area contributed by atoms with Gasteiger partial charge in [-0.3, -0.25) is 0 Å². The molecular formula is C52H58BBrF2N8O2S4. The number of thiophene rings is 2. The van der Waals surface area contributed by atoms with Crippen LogP contribution in [0.5, 0.6) is 0 Å². The third kappa shape index (κ3) is 13.6. The molecule has 0 radical (unpaired) electrons. The average molecular weight is 1080 g/mol. The fourth-order valence-corrected chi connectivity index (χ4v) is 12.0. The Bertz CT molecular complexity index is 2980. The van der Waals surface area contributed by atoms with Crippen LogP contribution in [0.4, 0.5) is 42.9 Å². The summed E-state index contributed by atoms with van der Waals surface area (Å²) in [5.41, 5.74) is 4.33. The summed E-state index contributed by atoms with van der Waals surface area (Å²) in [6.45, 7) is 12.3. The number of rotatable bonds is 14. The Balaban J connectivity index is 0.000000166. The normalized spacial score (nSPS) is 14.1. The summed E-state index contributed by atoms with van der Waals surface area (Å²) in [6, 6.07) is 29.4. The number of unbranched alkanes of at least 4 members (excludes halogenated alkanes) is 2. The molecule has 70 heavy (non-hydrogen) atoms. The molecule has 0 aliphatic carbocycles. The summed E-state index contributed by atoms with van der Waals surface area (Å²) in [5.74, 6) is -0.862. The largest absolute Gasteiger partial charge is 0.494 e. The lowest BCUT2D eigenvalue weighted by molar-refractivity contribution is 0.00578. The van der Waals surface area contributed by atoms with Gasteiger partial charge in [0.15, 0.2) is 9.73 Å². The summed E-state index contributed by atoms with van der Waals surface area (Å²) in [4.78, 5) is 18.2. The van der Waals surface area contributed by atoms with Crippen molar-refractivity contribution in [2.75, 3.05) is 38.0 Å². The Kier molecular flexibility index (Phi) is 17.9. The van der Waals surface area contributed by atoms with Crippen LogP contribution in [0.2, 0.25) is 0 Å². The van der Waals surface area contributed by atoms with Gasteiger partial charge >= 0.3 is 7.12 Å². The molecule has 366 valence electrons. The van der Waals surface area contributed by atoms with Gasteiger partial charge in [0.2, 0.25) is 0 Å². The molecule has 0 saturated carbocycles. The zero-order valence-corrected chi connectivity index (χ0v) is 46.1. The van der Waals surface area contributed by atoms with E-state index in [0.717, 1.165) is 37.1 Å². The number of nitrogens with zero attached hydrogens (tertiary/aromatic N) is 8. The van der Waals surface area contributed by atoms with Crippen molar-refractivity contribution in [3.8, 4) is 10.6 Å². The van der Waals surface area contributed by atoms with E-state index < -0.39 is 30.0 Å². The van der Waals surface area contributed by atoms with Crippen molar-refractivity contribution in [2.45, 2.75) is 91.3 Å². The number of halogens is 3. The summed E-state index contributed by atoms with van der Waals surface area (Å²) in [7, 11) is 7.28. The summed E-state index contributed by atoms with van der Waals surface area (Å²) < 4.78 is 44.5. The maximum atomic E-state index is 14.6. The van der Waals surface area contributed by atoms with Gasteiger partial charge in [-0.2, -0.15) is 10.2 Å². The number of fused-ring (bicyclic) bond motifs is 2. The van der Waals surface area contributed by atoms with E-state index in [-0.39, 0.29) is 11.4 Å². The van der Waals surface area contributed by atoms with E-state index in [1.54, 1.807) is 52.2 Å². The monoisotopic (exact) mass is 1080 g/mol. The first kappa shape index (κ1) is 53.0. The van der Waals surface area contributed by atoms with E-state index in [0.29, 0.717) is 16.8 Å². The molecule has 1 aliphatic rings. The van der Waals surface area contributed by atoms with Crippen molar-refractivity contribution < 1.29 is 18.1 Å². The molecule has 0 amide bonds. The maximum Gasteiger partial charge on any atom is 0.494 e. The van der Waals surface area contributed by atoms with Crippen LogP contribution in [0.1, 0.15) is 77.0 Å². The lowest BCUT2D eigenvalue weighted by atomic mass is 9.79. The van der Waals surface area contributed by atoms with Crippen LogP contribution in [0.3, 0.4) is 0 Å². The van der Waals surface area contributed by atoms with Crippen molar-refractivity contribution in [3.63, 3.8) is 0 Å². The zero-order chi connectivity index (χ0) is 50.2. The number of hydrogen-bond donors (Lipinski definition) is 0. The molecular weight excluding hydrogens is 1030 g/mol. The van der Waals surface area contributed by atoms with Gasteiger partial charge in [0, 0.05) is 54.9 Å². The maximum absolute atomic E-state index is 14.6. The number of aromatic nitrogens is 2. The molecule has 0 bridgehead atoms. The van der Waals surface area contributed by atoms with E-state index in [1.165, 1.54) is 68.2 Å². The number of thiazole rings is 2. The molecule has 0 atom stereocenters. The fourth-order valence-electron chi connectivity index (χ4n) is 6.92. The molecule has 9 rings (SSSR count). The minimum absolute atomic E-state index is 0.173. The Morgan fingerprint density at radius 2 is 1.06 bits per heavy atom. The Morgan fingerprint density at radius 3 is 1.50 bits per heavy atom. The Hall–Kier alpha value is -4.82. The van der Waals surface area contributed by atoms with Gasteiger partial charge < -0.3 is 19.1 Å². The molecule has 0 unspecified atom stereocenters. The van der Waals surface area contributed by atoms with E-state index in [9.17, 15) is 8.78 Å². The lowest BCUT2D eigenvalue weighted by Crippen LogP contribution is -2.41. The molecule has 5 heterocycles. The Morgan fingerprint density at radius 1 is 0.586 bits per heavy atom. The van der Waals surface area contributed by atoms with Gasteiger partial charge in [-0.25, -0.2) is 18.7 Å². The highest BCUT2D eigenvalue weighted by molar-refractivity contribution is 9.11.